The van der Waals surface area contributed by atoms with Crippen LogP contribution in [0.15, 0.2) is 60.4 Å². The summed E-state index contributed by atoms with van der Waals surface area (Å²) in [5.74, 6) is 0.976. The average Bonchev–Trinajstić information content (AvgIpc) is 2.76. The lowest BCUT2D eigenvalue weighted by Crippen LogP contribution is -2.51. The SMILES string of the molecule is CO/C=C/C(=C\C=C\C(C)(C)CO)C(=O)N1CCC2(CCc3ccccc3O2)CC1. The van der Waals surface area contributed by atoms with Gasteiger partial charge in [0.15, 0.2) is 0 Å². The van der Waals surface area contributed by atoms with E-state index in [0.29, 0.717) is 18.7 Å². The minimum atomic E-state index is -0.332. The lowest BCUT2D eigenvalue weighted by molar-refractivity contribution is -0.130. The fourth-order valence-corrected chi connectivity index (χ4v) is 3.91. The Morgan fingerprint density at radius 1 is 1.27 bits per heavy atom. The maximum Gasteiger partial charge on any atom is 0.253 e. The molecular formula is C25H33NO4. The Bertz CT molecular complexity index is 829. The van der Waals surface area contributed by atoms with Gasteiger partial charge < -0.3 is 19.5 Å². The molecule has 0 radical (unpaired) electrons. The Balaban J connectivity index is 1.67. The third kappa shape index (κ3) is 5.33. The van der Waals surface area contributed by atoms with Gasteiger partial charge in [-0.3, -0.25) is 4.79 Å². The number of aliphatic hydroxyl groups is 1. The molecule has 1 N–H and O–H groups in total. The zero-order valence-corrected chi connectivity index (χ0v) is 18.3. The first kappa shape index (κ1) is 22.2. The quantitative estimate of drug-likeness (QED) is 0.436. The highest BCUT2D eigenvalue weighted by molar-refractivity contribution is 5.96. The van der Waals surface area contributed by atoms with Gasteiger partial charge in [-0.2, -0.15) is 0 Å². The van der Waals surface area contributed by atoms with Crippen molar-refractivity contribution in [2.24, 2.45) is 5.41 Å². The zero-order valence-electron chi connectivity index (χ0n) is 18.3. The van der Waals surface area contributed by atoms with Crippen LogP contribution in [0, 0.1) is 5.41 Å². The molecule has 1 amide bonds. The number of carbonyl (C=O) groups is 1. The molecule has 2 heterocycles. The molecule has 1 aromatic rings. The lowest BCUT2D eigenvalue weighted by Gasteiger charge is -2.44. The van der Waals surface area contributed by atoms with E-state index in [9.17, 15) is 9.90 Å². The second-order valence-electron chi connectivity index (χ2n) is 8.85. The predicted molar refractivity (Wildman–Crippen MR) is 118 cm³/mol. The second-order valence-corrected chi connectivity index (χ2v) is 8.85. The normalized spacial score (nSPS) is 19.2. The highest BCUT2D eigenvalue weighted by atomic mass is 16.5. The minimum Gasteiger partial charge on any atom is -0.504 e. The fourth-order valence-electron chi connectivity index (χ4n) is 3.91. The maximum absolute atomic E-state index is 13.1. The molecule has 1 spiro atoms. The van der Waals surface area contributed by atoms with Crippen molar-refractivity contribution in [3.63, 3.8) is 0 Å². The molecule has 1 fully saturated rings. The molecule has 5 heteroatoms. The number of nitrogens with zero attached hydrogens (tertiary/aromatic N) is 1. The van der Waals surface area contributed by atoms with Crippen molar-refractivity contribution in [3.05, 3.63) is 66.0 Å². The Kier molecular flexibility index (Phi) is 7.03. The first-order valence-electron chi connectivity index (χ1n) is 10.6. The molecule has 2 aliphatic heterocycles. The Morgan fingerprint density at radius 3 is 2.70 bits per heavy atom. The standard InChI is InChI=1S/C25H33NO4/c1-24(2,19-27)12-6-8-21(11-18-29-3)23(28)26-16-14-25(15-17-26)13-10-20-7-4-5-9-22(20)30-25/h4-9,11-12,18,27H,10,13-17,19H2,1-3H3/b12-6+,18-11+,21-8+. The second kappa shape index (κ2) is 9.52. The smallest absolute Gasteiger partial charge is 0.253 e. The van der Waals surface area contributed by atoms with Crippen LogP contribution in [0.1, 0.15) is 38.7 Å². The van der Waals surface area contributed by atoms with Gasteiger partial charge in [0, 0.05) is 36.9 Å². The number of methoxy groups -OCH3 is 1. The van der Waals surface area contributed by atoms with Crippen molar-refractivity contribution in [1.29, 1.82) is 0 Å². The van der Waals surface area contributed by atoms with Crippen LogP contribution in [0.25, 0.3) is 0 Å². The summed E-state index contributed by atoms with van der Waals surface area (Å²) in [7, 11) is 1.56. The minimum absolute atomic E-state index is 0.0131. The average molecular weight is 412 g/mol. The number of aryl methyl sites for hydroxylation is 1. The van der Waals surface area contributed by atoms with Crippen LogP contribution in [-0.2, 0) is 16.0 Å². The summed E-state index contributed by atoms with van der Waals surface area (Å²) < 4.78 is 11.4. The van der Waals surface area contributed by atoms with Gasteiger partial charge in [0.25, 0.3) is 5.91 Å². The number of aliphatic hydroxyl groups excluding tert-OH is 1. The molecule has 5 nitrogen and oxygen atoms in total. The molecule has 0 bridgehead atoms. The third-order valence-corrected chi connectivity index (χ3v) is 5.97. The first-order chi connectivity index (χ1) is 14.4. The summed E-state index contributed by atoms with van der Waals surface area (Å²) in [6, 6.07) is 8.25. The zero-order chi connectivity index (χ0) is 21.6. The van der Waals surface area contributed by atoms with Gasteiger partial charge in [-0.05, 0) is 36.6 Å². The number of rotatable bonds is 6. The first-order valence-corrected chi connectivity index (χ1v) is 10.6. The van der Waals surface area contributed by atoms with Crippen LogP contribution >= 0.6 is 0 Å². The summed E-state index contributed by atoms with van der Waals surface area (Å²) in [5.41, 5.74) is 1.34. The van der Waals surface area contributed by atoms with E-state index in [0.717, 1.165) is 31.4 Å². The molecule has 0 unspecified atom stereocenters. The van der Waals surface area contributed by atoms with Crippen LogP contribution in [0.4, 0.5) is 0 Å². The van der Waals surface area contributed by atoms with E-state index < -0.39 is 0 Å². The molecule has 0 atom stereocenters. The summed E-state index contributed by atoms with van der Waals surface area (Å²) in [6.45, 7) is 5.27. The van der Waals surface area contributed by atoms with Gasteiger partial charge in [-0.15, -0.1) is 0 Å². The van der Waals surface area contributed by atoms with E-state index in [4.69, 9.17) is 9.47 Å². The Morgan fingerprint density at radius 2 is 2.00 bits per heavy atom. The highest BCUT2D eigenvalue weighted by Crippen LogP contribution is 2.39. The number of amides is 1. The molecular weight excluding hydrogens is 378 g/mol. The van der Waals surface area contributed by atoms with E-state index in [-0.39, 0.29) is 23.5 Å². The Hall–Kier alpha value is -2.53. The van der Waals surface area contributed by atoms with E-state index in [1.807, 2.05) is 43.0 Å². The monoisotopic (exact) mass is 411 g/mol. The van der Waals surface area contributed by atoms with Crippen LogP contribution in [0.5, 0.6) is 5.75 Å². The molecule has 3 rings (SSSR count). The summed E-state index contributed by atoms with van der Waals surface area (Å²) in [5, 5.41) is 9.40. The van der Waals surface area contributed by atoms with E-state index in [1.54, 1.807) is 19.3 Å². The third-order valence-electron chi connectivity index (χ3n) is 5.97. The number of fused-ring (bicyclic) bond motifs is 1. The number of ether oxygens (including phenoxy) is 2. The molecule has 2 aliphatic rings. The van der Waals surface area contributed by atoms with Crippen molar-refractivity contribution in [2.75, 3.05) is 26.8 Å². The van der Waals surface area contributed by atoms with Crippen LogP contribution in [0.3, 0.4) is 0 Å². The Labute approximate surface area is 179 Å². The lowest BCUT2D eigenvalue weighted by atomic mass is 9.83. The van der Waals surface area contributed by atoms with Gasteiger partial charge >= 0.3 is 0 Å². The van der Waals surface area contributed by atoms with Crippen molar-refractivity contribution in [1.82, 2.24) is 4.90 Å². The molecule has 1 saturated heterocycles. The van der Waals surface area contributed by atoms with Crippen molar-refractivity contribution in [2.45, 2.75) is 45.1 Å². The van der Waals surface area contributed by atoms with E-state index in [1.165, 1.54) is 11.8 Å². The number of carbonyl (C=O) groups excluding carboxylic acids is 1. The van der Waals surface area contributed by atoms with Gasteiger partial charge in [0.2, 0.25) is 0 Å². The number of allylic oxidation sites excluding steroid dienone is 2. The van der Waals surface area contributed by atoms with Crippen LogP contribution in [-0.4, -0.2) is 48.3 Å². The predicted octanol–water partition coefficient (Wildman–Crippen LogP) is 4.03. The molecule has 1 aromatic carbocycles. The molecule has 0 aromatic heterocycles. The number of benzene rings is 1. The largest absolute Gasteiger partial charge is 0.504 e. The maximum atomic E-state index is 13.1. The van der Waals surface area contributed by atoms with E-state index >= 15 is 0 Å². The molecule has 0 saturated carbocycles. The number of hydrogen-bond donors (Lipinski definition) is 1. The fraction of sp³-hybridized carbons (Fsp3) is 0.480. The van der Waals surface area contributed by atoms with Crippen molar-refractivity contribution < 1.29 is 19.4 Å². The van der Waals surface area contributed by atoms with Crippen LogP contribution < -0.4 is 4.74 Å². The number of para-hydroxylation sites is 1. The number of piperidine rings is 1. The van der Waals surface area contributed by atoms with Gasteiger partial charge in [0.05, 0.1) is 20.0 Å². The van der Waals surface area contributed by atoms with Gasteiger partial charge in [-0.1, -0.05) is 44.2 Å². The number of likely N-dealkylation sites (tertiary alicyclic amines) is 1. The summed E-state index contributed by atoms with van der Waals surface area (Å²) in [6.07, 6.45) is 12.4. The molecule has 30 heavy (non-hydrogen) atoms. The topological polar surface area (TPSA) is 59.0 Å². The molecule has 0 aliphatic carbocycles. The van der Waals surface area contributed by atoms with Crippen molar-refractivity contribution >= 4 is 5.91 Å². The number of hydrogen-bond acceptors (Lipinski definition) is 4. The van der Waals surface area contributed by atoms with Crippen LogP contribution in [0.2, 0.25) is 0 Å². The van der Waals surface area contributed by atoms with Crippen molar-refractivity contribution in [3.8, 4) is 5.75 Å². The van der Waals surface area contributed by atoms with E-state index in [2.05, 4.69) is 12.1 Å². The molecule has 162 valence electrons. The highest BCUT2D eigenvalue weighted by Gasteiger charge is 2.40. The van der Waals surface area contributed by atoms with Gasteiger partial charge in [0.1, 0.15) is 11.4 Å². The van der Waals surface area contributed by atoms with Gasteiger partial charge in [-0.25, -0.2) is 0 Å². The summed E-state index contributed by atoms with van der Waals surface area (Å²) in [4.78, 5) is 15.0. The summed E-state index contributed by atoms with van der Waals surface area (Å²) >= 11 is 0.